The zero-order valence-corrected chi connectivity index (χ0v) is 14.0. The fourth-order valence-corrected chi connectivity index (χ4v) is 2.91. The van der Waals surface area contributed by atoms with Crippen LogP contribution in [0.15, 0.2) is 30.3 Å². The second kappa shape index (κ2) is 8.67. The fourth-order valence-electron chi connectivity index (χ4n) is 2.91. The zero-order valence-electron chi connectivity index (χ0n) is 14.0. The number of hydrogen-bond acceptors (Lipinski definition) is 3. The molecule has 1 fully saturated rings. The Labute approximate surface area is 138 Å². The summed E-state index contributed by atoms with van der Waals surface area (Å²) in [6, 6.07) is 9.95. The molecule has 0 spiro atoms. The standard InChI is InChI=1S/C18H27N3O2/c1-3-9-19-10-11-20-18(23)16-12-17(22)21(13-16)14(2)15-7-5-4-6-8-15/h4-8,14,16,19H,3,9-13H2,1-2H3,(H,20,23). The third-order valence-electron chi connectivity index (χ3n) is 4.31. The minimum absolute atomic E-state index is 0.00715. The average Bonchev–Trinajstić information content (AvgIpc) is 2.96. The first-order valence-corrected chi connectivity index (χ1v) is 8.46. The molecular formula is C18H27N3O2. The number of benzene rings is 1. The number of hydrogen-bond donors (Lipinski definition) is 2. The monoisotopic (exact) mass is 317 g/mol. The third kappa shape index (κ3) is 4.79. The highest BCUT2D eigenvalue weighted by Gasteiger charge is 2.36. The molecule has 1 aromatic rings. The molecular weight excluding hydrogens is 290 g/mol. The molecule has 0 saturated carbocycles. The lowest BCUT2D eigenvalue weighted by Crippen LogP contribution is -2.37. The van der Waals surface area contributed by atoms with Gasteiger partial charge in [0.25, 0.3) is 0 Å². The van der Waals surface area contributed by atoms with E-state index in [1.165, 1.54) is 0 Å². The van der Waals surface area contributed by atoms with Gasteiger partial charge in [-0.3, -0.25) is 9.59 Å². The van der Waals surface area contributed by atoms with E-state index in [-0.39, 0.29) is 23.8 Å². The highest BCUT2D eigenvalue weighted by atomic mass is 16.2. The van der Waals surface area contributed by atoms with Crippen LogP contribution in [0.1, 0.15) is 38.3 Å². The Morgan fingerprint density at radius 2 is 2.00 bits per heavy atom. The first-order valence-electron chi connectivity index (χ1n) is 8.46. The van der Waals surface area contributed by atoms with Crippen molar-refractivity contribution in [2.75, 3.05) is 26.2 Å². The third-order valence-corrected chi connectivity index (χ3v) is 4.31. The molecule has 23 heavy (non-hydrogen) atoms. The van der Waals surface area contributed by atoms with Gasteiger partial charge in [-0.1, -0.05) is 37.3 Å². The van der Waals surface area contributed by atoms with Gasteiger partial charge in [0.1, 0.15) is 0 Å². The van der Waals surface area contributed by atoms with Gasteiger partial charge in [0.15, 0.2) is 0 Å². The first-order chi connectivity index (χ1) is 11.1. The second-order valence-corrected chi connectivity index (χ2v) is 6.07. The molecule has 1 aliphatic rings. The van der Waals surface area contributed by atoms with E-state index < -0.39 is 0 Å². The van der Waals surface area contributed by atoms with E-state index in [1.807, 2.05) is 42.2 Å². The van der Waals surface area contributed by atoms with Gasteiger partial charge in [-0.25, -0.2) is 0 Å². The van der Waals surface area contributed by atoms with Crippen molar-refractivity contribution >= 4 is 11.8 Å². The molecule has 1 aromatic carbocycles. The number of carbonyl (C=O) groups is 2. The number of carbonyl (C=O) groups excluding carboxylic acids is 2. The van der Waals surface area contributed by atoms with Gasteiger partial charge in [0.05, 0.1) is 12.0 Å². The maximum atomic E-state index is 12.3. The van der Waals surface area contributed by atoms with Gasteiger partial charge < -0.3 is 15.5 Å². The van der Waals surface area contributed by atoms with Crippen molar-refractivity contribution in [2.24, 2.45) is 5.92 Å². The van der Waals surface area contributed by atoms with Crippen LogP contribution in [0, 0.1) is 5.92 Å². The van der Waals surface area contributed by atoms with Crippen LogP contribution in [0.4, 0.5) is 0 Å². The molecule has 2 N–H and O–H groups in total. The van der Waals surface area contributed by atoms with Crippen LogP contribution in [0.2, 0.25) is 0 Å². The number of likely N-dealkylation sites (tertiary alicyclic amines) is 1. The Hall–Kier alpha value is -1.88. The van der Waals surface area contributed by atoms with E-state index in [9.17, 15) is 9.59 Å². The lowest BCUT2D eigenvalue weighted by molar-refractivity contribution is -0.130. The number of rotatable bonds is 8. The topological polar surface area (TPSA) is 61.4 Å². The summed E-state index contributed by atoms with van der Waals surface area (Å²) in [6.07, 6.45) is 1.39. The van der Waals surface area contributed by atoms with Gasteiger partial charge in [0, 0.05) is 26.1 Å². The zero-order chi connectivity index (χ0) is 16.7. The van der Waals surface area contributed by atoms with Crippen LogP contribution in [0.25, 0.3) is 0 Å². The van der Waals surface area contributed by atoms with Crippen LogP contribution in [0.5, 0.6) is 0 Å². The van der Waals surface area contributed by atoms with E-state index in [4.69, 9.17) is 0 Å². The normalized spacial score (nSPS) is 19.0. The molecule has 0 aromatic heterocycles. The van der Waals surface area contributed by atoms with Crippen LogP contribution in [-0.4, -0.2) is 42.9 Å². The Kier molecular flexibility index (Phi) is 6.59. The second-order valence-electron chi connectivity index (χ2n) is 6.07. The Morgan fingerprint density at radius 1 is 1.26 bits per heavy atom. The van der Waals surface area contributed by atoms with Crippen LogP contribution >= 0.6 is 0 Å². The molecule has 5 heteroatoms. The molecule has 1 saturated heterocycles. The van der Waals surface area contributed by atoms with Crippen molar-refractivity contribution in [1.29, 1.82) is 0 Å². The summed E-state index contributed by atoms with van der Waals surface area (Å²) in [7, 11) is 0. The van der Waals surface area contributed by atoms with Crippen molar-refractivity contribution in [2.45, 2.75) is 32.7 Å². The Balaban J connectivity index is 1.83. The van der Waals surface area contributed by atoms with E-state index >= 15 is 0 Å². The van der Waals surface area contributed by atoms with Crippen molar-refractivity contribution in [3.63, 3.8) is 0 Å². The first kappa shape index (κ1) is 17.5. The van der Waals surface area contributed by atoms with Crippen LogP contribution in [-0.2, 0) is 9.59 Å². The summed E-state index contributed by atoms with van der Waals surface area (Å²) in [6.45, 7) is 6.96. The largest absolute Gasteiger partial charge is 0.355 e. The Bertz CT molecular complexity index is 518. The van der Waals surface area contributed by atoms with Crippen LogP contribution < -0.4 is 10.6 Å². The van der Waals surface area contributed by atoms with Crippen LogP contribution in [0.3, 0.4) is 0 Å². The quantitative estimate of drug-likeness (QED) is 0.718. The summed E-state index contributed by atoms with van der Waals surface area (Å²) >= 11 is 0. The molecule has 0 bridgehead atoms. The average molecular weight is 317 g/mol. The summed E-state index contributed by atoms with van der Waals surface area (Å²) < 4.78 is 0. The van der Waals surface area contributed by atoms with Gasteiger partial charge >= 0.3 is 0 Å². The lowest BCUT2D eigenvalue weighted by atomic mass is 10.1. The lowest BCUT2D eigenvalue weighted by Gasteiger charge is -2.25. The molecule has 1 aliphatic heterocycles. The molecule has 2 atom stereocenters. The molecule has 1 heterocycles. The van der Waals surface area contributed by atoms with Gasteiger partial charge in [-0.15, -0.1) is 0 Å². The predicted octanol–water partition coefficient (Wildman–Crippen LogP) is 1.71. The SMILES string of the molecule is CCCNCCNC(=O)C1CC(=O)N(C(C)c2ccccc2)C1. The molecule has 5 nitrogen and oxygen atoms in total. The van der Waals surface area contributed by atoms with Crippen molar-refractivity contribution in [3.8, 4) is 0 Å². The smallest absolute Gasteiger partial charge is 0.225 e. The molecule has 2 rings (SSSR count). The van der Waals surface area contributed by atoms with E-state index in [1.54, 1.807) is 0 Å². The van der Waals surface area contributed by atoms with Gasteiger partial charge in [0.2, 0.25) is 11.8 Å². The van der Waals surface area contributed by atoms with Crippen molar-refractivity contribution in [3.05, 3.63) is 35.9 Å². The maximum Gasteiger partial charge on any atom is 0.225 e. The van der Waals surface area contributed by atoms with Crippen molar-refractivity contribution < 1.29 is 9.59 Å². The summed E-state index contributed by atoms with van der Waals surface area (Å²) in [5.41, 5.74) is 1.10. The molecule has 126 valence electrons. The molecule has 2 amide bonds. The Morgan fingerprint density at radius 3 is 2.70 bits per heavy atom. The van der Waals surface area contributed by atoms with Gasteiger partial charge in [-0.05, 0) is 25.5 Å². The maximum absolute atomic E-state index is 12.3. The van der Waals surface area contributed by atoms with Gasteiger partial charge in [-0.2, -0.15) is 0 Å². The number of nitrogens with one attached hydrogen (secondary N) is 2. The number of amides is 2. The number of nitrogens with zero attached hydrogens (tertiary/aromatic N) is 1. The van der Waals surface area contributed by atoms with E-state index in [2.05, 4.69) is 17.6 Å². The summed E-state index contributed by atoms with van der Waals surface area (Å²) in [4.78, 5) is 26.3. The minimum Gasteiger partial charge on any atom is -0.355 e. The predicted molar refractivity (Wildman–Crippen MR) is 90.8 cm³/mol. The summed E-state index contributed by atoms with van der Waals surface area (Å²) in [5.74, 6) is -0.190. The highest BCUT2D eigenvalue weighted by molar-refractivity contribution is 5.89. The molecule has 0 radical (unpaired) electrons. The van der Waals surface area contributed by atoms with E-state index in [0.29, 0.717) is 19.5 Å². The highest BCUT2D eigenvalue weighted by Crippen LogP contribution is 2.28. The minimum atomic E-state index is -0.236. The van der Waals surface area contributed by atoms with Crippen molar-refractivity contribution in [1.82, 2.24) is 15.5 Å². The molecule has 2 unspecified atom stereocenters. The molecule has 0 aliphatic carbocycles. The summed E-state index contributed by atoms with van der Waals surface area (Å²) in [5, 5.41) is 6.17. The van der Waals surface area contributed by atoms with E-state index in [0.717, 1.165) is 25.1 Å². The fraction of sp³-hybridized carbons (Fsp3) is 0.556.